The molecular weight excluding hydrogens is 498 g/mol. The van der Waals surface area contributed by atoms with Crippen LogP contribution >= 0.6 is 11.3 Å². The smallest absolute Gasteiger partial charge is 0.226 e. The number of hydrogen-bond donors (Lipinski definition) is 2. The molecule has 2 aliphatic heterocycles. The quantitative estimate of drug-likeness (QED) is 0.451. The summed E-state index contributed by atoms with van der Waals surface area (Å²) < 4.78 is 27.4. The minimum atomic E-state index is -0.573. The fourth-order valence-electron chi connectivity index (χ4n) is 5.13. The lowest BCUT2D eigenvalue weighted by Gasteiger charge is -2.36. The molecule has 0 radical (unpaired) electrons. The van der Waals surface area contributed by atoms with E-state index in [-0.39, 0.29) is 23.9 Å². The van der Waals surface area contributed by atoms with E-state index >= 15 is 0 Å². The van der Waals surface area contributed by atoms with Crippen LogP contribution in [-0.4, -0.2) is 63.4 Å². The van der Waals surface area contributed by atoms with Crippen LogP contribution in [0.5, 0.6) is 0 Å². The summed E-state index contributed by atoms with van der Waals surface area (Å²) in [6, 6.07) is 7.54. The lowest BCUT2D eigenvalue weighted by molar-refractivity contribution is -0.117. The molecule has 3 atom stereocenters. The molecule has 3 aromatic rings. The summed E-state index contributed by atoms with van der Waals surface area (Å²) in [7, 11) is 0. The van der Waals surface area contributed by atoms with Crippen molar-refractivity contribution in [3.05, 3.63) is 53.7 Å². The molecular formula is C25H30F2N8OS. The van der Waals surface area contributed by atoms with Crippen molar-refractivity contribution < 1.29 is 13.6 Å². The van der Waals surface area contributed by atoms with Crippen LogP contribution in [0.25, 0.3) is 0 Å². The number of nitrogens with one attached hydrogen (secondary N) is 2. The van der Waals surface area contributed by atoms with Gasteiger partial charge in [0.1, 0.15) is 11.6 Å². The first-order valence-electron chi connectivity index (χ1n) is 12.6. The van der Waals surface area contributed by atoms with E-state index in [0.29, 0.717) is 28.8 Å². The van der Waals surface area contributed by atoms with E-state index in [4.69, 9.17) is 0 Å². The second-order valence-electron chi connectivity index (χ2n) is 9.70. The second kappa shape index (κ2) is 11.4. The van der Waals surface area contributed by atoms with Crippen molar-refractivity contribution in [2.24, 2.45) is 5.92 Å². The number of likely N-dealkylation sites (tertiary alicyclic amines) is 1. The monoisotopic (exact) mass is 528 g/mol. The van der Waals surface area contributed by atoms with Gasteiger partial charge in [0, 0.05) is 50.4 Å². The molecule has 0 saturated carbocycles. The third kappa shape index (κ3) is 6.55. The largest absolute Gasteiger partial charge is 0.355 e. The van der Waals surface area contributed by atoms with E-state index in [0.717, 1.165) is 50.8 Å². The highest BCUT2D eigenvalue weighted by Gasteiger charge is 2.27. The number of hydrogen-bond acceptors (Lipinski definition) is 9. The average molecular weight is 529 g/mol. The van der Waals surface area contributed by atoms with E-state index in [1.807, 2.05) is 19.1 Å². The molecule has 0 spiro atoms. The Morgan fingerprint density at radius 3 is 2.70 bits per heavy atom. The Balaban J connectivity index is 1.10. The van der Waals surface area contributed by atoms with Gasteiger partial charge in [-0.2, -0.15) is 5.10 Å². The fraction of sp³-hybridized carbons (Fsp3) is 0.480. The molecule has 5 rings (SSSR count). The second-order valence-corrected chi connectivity index (χ2v) is 10.7. The molecule has 2 saturated heterocycles. The molecule has 1 amide bonds. The van der Waals surface area contributed by atoms with E-state index in [9.17, 15) is 13.6 Å². The van der Waals surface area contributed by atoms with Crippen LogP contribution in [0, 0.1) is 17.6 Å². The summed E-state index contributed by atoms with van der Waals surface area (Å²) in [6.07, 6.45) is 4.82. The third-order valence-corrected chi connectivity index (χ3v) is 7.78. The van der Waals surface area contributed by atoms with Crippen molar-refractivity contribution >= 4 is 33.3 Å². The van der Waals surface area contributed by atoms with Crippen LogP contribution in [0.4, 0.5) is 24.9 Å². The van der Waals surface area contributed by atoms with Gasteiger partial charge in [-0.05, 0) is 68.5 Å². The standard InChI is InChI=1S/C25H30F2N8OS/c1-16(18-11-19(26)13-20(27)12-18)34-8-3-4-17(14-34)10-23(36)30-25-33-32-24(37-25)29-21-6-9-35(15-21)22-5-2-7-28-31-22/h2,5,7,11-13,16-17,21H,3-4,6,8-10,14-15H2,1H3,(H,29,32)(H,30,33,36)/t16?,17-,21+/m0/s1. The molecule has 196 valence electrons. The van der Waals surface area contributed by atoms with Gasteiger partial charge in [0.15, 0.2) is 5.82 Å². The molecule has 12 heteroatoms. The molecule has 2 aliphatic rings. The minimum Gasteiger partial charge on any atom is -0.355 e. The zero-order valence-corrected chi connectivity index (χ0v) is 21.4. The molecule has 2 aromatic heterocycles. The SMILES string of the molecule is CC(c1cc(F)cc(F)c1)N1CCC[C@@H](CC(=O)Nc2nnc(N[C@@H]3CCN(c4cccnn4)C3)s2)C1. The van der Waals surface area contributed by atoms with Gasteiger partial charge in [-0.3, -0.25) is 9.69 Å². The minimum absolute atomic E-state index is 0.103. The van der Waals surface area contributed by atoms with Crippen molar-refractivity contribution in [2.45, 2.75) is 44.7 Å². The third-order valence-electron chi connectivity index (χ3n) is 7.01. The number of nitrogens with zero attached hydrogens (tertiary/aromatic N) is 6. The topological polar surface area (TPSA) is 99.2 Å². The molecule has 37 heavy (non-hydrogen) atoms. The summed E-state index contributed by atoms with van der Waals surface area (Å²) in [6.45, 7) is 5.14. The molecule has 1 aromatic carbocycles. The first-order valence-corrected chi connectivity index (χ1v) is 13.4. The van der Waals surface area contributed by atoms with E-state index < -0.39 is 11.6 Å². The molecule has 1 unspecified atom stereocenters. The Bertz CT molecular complexity index is 1190. The molecule has 0 bridgehead atoms. The van der Waals surface area contributed by atoms with Crippen molar-refractivity contribution in [1.29, 1.82) is 0 Å². The van der Waals surface area contributed by atoms with Crippen LogP contribution in [0.3, 0.4) is 0 Å². The normalized spacial score (nSPS) is 21.1. The number of rotatable bonds is 8. The van der Waals surface area contributed by atoms with Crippen LogP contribution in [0.15, 0.2) is 36.5 Å². The van der Waals surface area contributed by atoms with E-state index in [1.165, 1.54) is 23.5 Å². The van der Waals surface area contributed by atoms with Gasteiger partial charge in [-0.1, -0.05) is 11.3 Å². The lowest BCUT2D eigenvalue weighted by atomic mass is 9.92. The number of amides is 1. The predicted octanol–water partition coefficient (Wildman–Crippen LogP) is 4.10. The molecule has 4 heterocycles. The van der Waals surface area contributed by atoms with Crippen LogP contribution in [0.2, 0.25) is 0 Å². The average Bonchev–Trinajstić information content (AvgIpc) is 3.53. The Hall–Kier alpha value is -3.25. The first-order chi connectivity index (χ1) is 17.9. The zero-order chi connectivity index (χ0) is 25.8. The predicted molar refractivity (Wildman–Crippen MR) is 138 cm³/mol. The number of benzene rings is 1. The fourth-order valence-corrected chi connectivity index (χ4v) is 5.87. The van der Waals surface area contributed by atoms with E-state index in [2.05, 4.69) is 40.8 Å². The Labute approximate surface area is 218 Å². The van der Waals surface area contributed by atoms with Gasteiger partial charge in [-0.25, -0.2) is 8.78 Å². The molecule has 2 fully saturated rings. The highest BCUT2D eigenvalue weighted by molar-refractivity contribution is 7.19. The Morgan fingerprint density at radius 2 is 1.92 bits per heavy atom. The number of piperidine rings is 1. The van der Waals surface area contributed by atoms with Gasteiger partial charge in [0.2, 0.25) is 16.2 Å². The summed E-state index contributed by atoms with van der Waals surface area (Å²) >= 11 is 1.32. The molecule has 9 nitrogen and oxygen atoms in total. The van der Waals surface area contributed by atoms with Crippen molar-refractivity contribution in [3.8, 4) is 0 Å². The number of aromatic nitrogens is 4. The highest BCUT2D eigenvalue weighted by Crippen LogP contribution is 2.30. The molecule has 0 aliphatic carbocycles. The first kappa shape index (κ1) is 25.4. The lowest BCUT2D eigenvalue weighted by Crippen LogP contribution is -2.38. The van der Waals surface area contributed by atoms with Gasteiger partial charge in [0.25, 0.3) is 0 Å². The van der Waals surface area contributed by atoms with Crippen LogP contribution < -0.4 is 15.5 Å². The number of anilines is 3. The maximum absolute atomic E-state index is 13.7. The van der Waals surface area contributed by atoms with Crippen molar-refractivity contribution in [1.82, 2.24) is 25.3 Å². The summed E-state index contributed by atoms with van der Waals surface area (Å²) in [5, 5.41) is 23.8. The van der Waals surface area contributed by atoms with Crippen molar-refractivity contribution in [3.63, 3.8) is 0 Å². The highest BCUT2D eigenvalue weighted by atomic mass is 32.1. The van der Waals surface area contributed by atoms with Gasteiger partial charge in [-0.15, -0.1) is 15.3 Å². The number of carbonyl (C=O) groups is 1. The zero-order valence-electron chi connectivity index (χ0n) is 20.6. The summed E-state index contributed by atoms with van der Waals surface area (Å²) in [5.41, 5.74) is 0.610. The number of carbonyl (C=O) groups excluding carboxylic acids is 1. The number of halogens is 2. The Kier molecular flexibility index (Phi) is 7.85. The van der Waals surface area contributed by atoms with Gasteiger partial charge < -0.3 is 15.5 Å². The van der Waals surface area contributed by atoms with Crippen LogP contribution in [-0.2, 0) is 4.79 Å². The molecule has 2 N–H and O–H groups in total. The Morgan fingerprint density at radius 1 is 1.11 bits per heavy atom. The van der Waals surface area contributed by atoms with Gasteiger partial charge >= 0.3 is 0 Å². The maximum Gasteiger partial charge on any atom is 0.226 e. The summed E-state index contributed by atoms with van der Waals surface area (Å²) in [5.74, 6) is -0.233. The van der Waals surface area contributed by atoms with Gasteiger partial charge in [0.05, 0.1) is 0 Å². The summed E-state index contributed by atoms with van der Waals surface area (Å²) in [4.78, 5) is 17.1. The van der Waals surface area contributed by atoms with Crippen LogP contribution in [0.1, 0.15) is 44.2 Å². The van der Waals surface area contributed by atoms with Crippen molar-refractivity contribution in [2.75, 3.05) is 41.7 Å². The van der Waals surface area contributed by atoms with E-state index in [1.54, 1.807) is 6.20 Å². The maximum atomic E-state index is 13.7.